The number of hydrogen-bond acceptors (Lipinski definition) is 5. The van der Waals surface area contributed by atoms with Crippen LogP contribution < -0.4 is 10.4 Å². The zero-order valence-corrected chi connectivity index (χ0v) is 15.3. The summed E-state index contributed by atoms with van der Waals surface area (Å²) in [5.74, 6) is 1.30. The first-order valence-electron chi connectivity index (χ1n) is 8.24. The van der Waals surface area contributed by atoms with Crippen molar-refractivity contribution in [2.45, 2.75) is 17.7 Å². The lowest BCUT2D eigenvalue weighted by Crippen LogP contribution is -2.00. The highest BCUT2D eigenvalue weighted by atomic mass is 32.2. The van der Waals surface area contributed by atoms with Crippen molar-refractivity contribution in [1.29, 1.82) is 0 Å². The molecule has 0 bridgehead atoms. The molecule has 0 saturated carbocycles. The molecule has 0 fully saturated rings. The summed E-state index contributed by atoms with van der Waals surface area (Å²) >= 11 is 1.61. The van der Waals surface area contributed by atoms with Crippen LogP contribution in [0.3, 0.4) is 0 Å². The molecule has 0 radical (unpaired) electrons. The quantitative estimate of drug-likeness (QED) is 0.379. The minimum Gasteiger partial charge on any atom is -0.497 e. The Morgan fingerprint density at radius 1 is 1.08 bits per heavy atom. The lowest BCUT2D eigenvalue weighted by molar-refractivity contribution is 0.414. The second-order valence-corrected chi connectivity index (χ2v) is 7.03. The Hall–Kier alpha value is -2.79. The number of para-hydroxylation sites is 1. The van der Waals surface area contributed by atoms with Gasteiger partial charge in [0.1, 0.15) is 11.3 Å². The van der Waals surface area contributed by atoms with Gasteiger partial charge in [-0.2, -0.15) is 0 Å². The molecule has 0 unspecified atom stereocenters. The van der Waals surface area contributed by atoms with Crippen LogP contribution in [-0.2, 0) is 5.75 Å². The molecular weight excluding hydrogens is 346 g/mol. The number of ether oxygens (including phenoxy) is 1. The van der Waals surface area contributed by atoms with Crippen LogP contribution in [-0.4, -0.2) is 12.1 Å². The smallest absolute Gasteiger partial charge is 0.336 e. The van der Waals surface area contributed by atoms with Gasteiger partial charge >= 0.3 is 5.63 Å². The maximum absolute atomic E-state index is 11.9. The average molecular weight is 363 g/mol. The van der Waals surface area contributed by atoms with E-state index < -0.39 is 0 Å². The maximum atomic E-state index is 11.9. The average Bonchev–Trinajstić information content (AvgIpc) is 2.65. The van der Waals surface area contributed by atoms with E-state index in [2.05, 4.69) is 19.1 Å². The predicted octanol–water partition coefficient (Wildman–Crippen LogP) is 4.95. The van der Waals surface area contributed by atoms with Crippen LogP contribution in [0.4, 0.5) is 0 Å². The highest BCUT2D eigenvalue weighted by Gasteiger charge is 2.09. The molecule has 0 aliphatic heterocycles. The Morgan fingerprint density at radius 3 is 2.77 bits per heavy atom. The number of nitrogens with zero attached hydrogens (tertiary/aromatic N) is 1. The van der Waals surface area contributed by atoms with Gasteiger partial charge in [0.15, 0.2) is 0 Å². The first-order valence-corrected chi connectivity index (χ1v) is 9.22. The van der Waals surface area contributed by atoms with E-state index in [-0.39, 0.29) is 5.63 Å². The Labute approximate surface area is 154 Å². The largest absolute Gasteiger partial charge is 0.497 e. The van der Waals surface area contributed by atoms with Crippen LogP contribution in [0.15, 0.2) is 68.8 Å². The SMILES string of the molecule is COc1ccc2c(CSc3cc(C)c4ccccc4n3)cc(=O)oc2c1. The van der Waals surface area contributed by atoms with Gasteiger partial charge in [0.05, 0.1) is 17.7 Å². The molecule has 0 N–H and O–H groups in total. The molecule has 2 aromatic carbocycles. The topological polar surface area (TPSA) is 52.3 Å². The summed E-state index contributed by atoms with van der Waals surface area (Å²) in [6, 6.07) is 17.3. The minimum absolute atomic E-state index is 0.357. The molecule has 0 aliphatic rings. The highest BCUT2D eigenvalue weighted by molar-refractivity contribution is 7.98. The number of hydrogen-bond donors (Lipinski definition) is 0. The number of methoxy groups -OCH3 is 1. The summed E-state index contributed by atoms with van der Waals surface area (Å²) in [5, 5.41) is 3.02. The third-order valence-electron chi connectivity index (χ3n) is 4.31. The molecule has 0 saturated heterocycles. The molecule has 4 rings (SSSR count). The maximum Gasteiger partial charge on any atom is 0.336 e. The Kier molecular flexibility index (Phi) is 4.39. The first-order chi connectivity index (χ1) is 12.6. The molecule has 2 heterocycles. The molecule has 26 heavy (non-hydrogen) atoms. The molecular formula is C21H17NO3S. The van der Waals surface area contributed by atoms with E-state index in [1.807, 2.05) is 30.3 Å². The summed E-state index contributed by atoms with van der Waals surface area (Å²) in [4.78, 5) is 16.6. The van der Waals surface area contributed by atoms with Gasteiger partial charge in [-0.05, 0) is 42.3 Å². The zero-order chi connectivity index (χ0) is 18.1. The number of thioether (sulfide) groups is 1. The first kappa shape index (κ1) is 16.7. The molecule has 4 nitrogen and oxygen atoms in total. The molecule has 0 atom stereocenters. The summed E-state index contributed by atoms with van der Waals surface area (Å²) in [5.41, 5.74) is 3.29. The van der Waals surface area contributed by atoms with E-state index in [1.165, 1.54) is 5.56 Å². The van der Waals surface area contributed by atoms with E-state index in [0.717, 1.165) is 26.9 Å². The molecule has 0 amide bonds. The lowest BCUT2D eigenvalue weighted by Gasteiger charge is -2.08. The van der Waals surface area contributed by atoms with Crippen molar-refractivity contribution >= 4 is 33.6 Å². The standard InChI is InChI=1S/C21H17NO3S/c1-13-9-20(22-18-6-4-3-5-16(13)18)26-12-14-10-21(23)25-19-11-15(24-2)7-8-17(14)19/h3-11H,12H2,1-2H3. The van der Waals surface area contributed by atoms with Gasteiger partial charge < -0.3 is 9.15 Å². The summed E-state index contributed by atoms with van der Waals surface area (Å²) in [6.07, 6.45) is 0. The molecule has 130 valence electrons. The van der Waals surface area contributed by atoms with Crippen LogP contribution in [0.1, 0.15) is 11.1 Å². The second-order valence-electron chi connectivity index (χ2n) is 6.04. The van der Waals surface area contributed by atoms with E-state index in [0.29, 0.717) is 17.1 Å². The van der Waals surface area contributed by atoms with Gasteiger partial charge in [-0.25, -0.2) is 9.78 Å². The summed E-state index contributed by atoms with van der Waals surface area (Å²) in [7, 11) is 1.59. The zero-order valence-electron chi connectivity index (χ0n) is 14.5. The number of fused-ring (bicyclic) bond motifs is 2. The Bertz CT molecular complexity index is 1170. The normalized spacial score (nSPS) is 11.2. The molecule has 2 aromatic heterocycles. The van der Waals surface area contributed by atoms with Crippen LogP contribution in [0.2, 0.25) is 0 Å². The van der Waals surface area contributed by atoms with Crippen LogP contribution in [0.25, 0.3) is 21.9 Å². The molecule has 5 heteroatoms. The number of aryl methyl sites for hydroxylation is 1. The van der Waals surface area contributed by atoms with E-state index in [9.17, 15) is 4.79 Å². The van der Waals surface area contributed by atoms with Crippen LogP contribution in [0.5, 0.6) is 5.75 Å². The van der Waals surface area contributed by atoms with E-state index >= 15 is 0 Å². The van der Waals surface area contributed by atoms with Gasteiger partial charge in [0, 0.05) is 28.7 Å². The summed E-state index contributed by atoms with van der Waals surface area (Å²) in [6.45, 7) is 2.09. The van der Waals surface area contributed by atoms with E-state index in [4.69, 9.17) is 14.1 Å². The van der Waals surface area contributed by atoms with Gasteiger partial charge in [0.2, 0.25) is 0 Å². The van der Waals surface area contributed by atoms with Gasteiger partial charge in [-0.1, -0.05) is 18.2 Å². The number of aromatic nitrogens is 1. The Morgan fingerprint density at radius 2 is 1.92 bits per heavy atom. The fourth-order valence-electron chi connectivity index (χ4n) is 3.00. The second kappa shape index (κ2) is 6.84. The fourth-order valence-corrected chi connectivity index (χ4v) is 3.97. The van der Waals surface area contributed by atoms with Gasteiger partial charge in [0.25, 0.3) is 0 Å². The van der Waals surface area contributed by atoms with Crippen molar-refractivity contribution in [2.75, 3.05) is 7.11 Å². The van der Waals surface area contributed by atoms with Crippen molar-refractivity contribution in [3.05, 3.63) is 76.1 Å². The predicted molar refractivity (Wildman–Crippen MR) is 105 cm³/mol. The fraction of sp³-hybridized carbons (Fsp3) is 0.143. The molecule has 0 spiro atoms. The van der Waals surface area contributed by atoms with Crippen LogP contribution >= 0.6 is 11.8 Å². The van der Waals surface area contributed by atoms with E-state index in [1.54, 1.807) is 31.0 Å². The third-order valence-corrected chi connectivity index (χ3v) is 5.27. The van der Waals surface area contributed by atoms with Crippen molar-refractivity contribution < 1.29 is 9.15 Å². The minimum atomic E-state index is -0.357. The number of pyridine rings is 1. The molecule has 4 aromatic rings. The lowest BCUT2D eigenvalue weighted by atomic mass is 10.1. The van der Waals surface area contributed by atoms with Crippen LogP contribution in [0, 0.1) is 6.92 Å². The van der Waals surface area contributed by atoms with Crippen molar-refractivity contribution in [3.8, 4) is 5.75 Å². The third kappa shape index (κ3) is 3.18. The number of rotatable bonds is 4. The van der Waals surface area contributed by atoms with Gasteiger partial charge in [-0.15, -0.1) is 11.8 Å². The molecule has 0 aliphatic carbocycles. The summed E-state index contributed by atoms with van der Waals surface area (Å²) < 4.78 is 10.5. The van der Waals surface area contributed by atoms with Crippen molar-refractivity contribution in [3.63, 3.8) is 0 Å². The highest BCUT2D eigenvalue weighted by Crippen LogP contribution is 2.29. The van der Waals surface area contributed by atoms with Gasteiger partial charge in [-0.3, -0.25) is 0 Å². The van der Waals surface area contributed by atoms with Crippen molar-refractivity contribution in [2.24, 2.45) is 0 Å². The Balaban J connectivity index is 1.69. The monoisotopic (exact) mass is 363 g/mol. The number of benzene rings is 2. The van der Waals surface area contributed by atoms with Crippen molar-refractivity contribution in [1.82, 2.24) is 4.98 Å².